The highest BCUT2D eigenvalue weighted by Crippen LogP contribution is 2.27. The number of fused-ring (bicyclic) bond motifs is 1. The van der Waals surface area contributed by atoms with E-state index in [1.165, 1.54) is 0 Å². The van der Waals surface area contributed by atoms with E-state index in [0.717, 1.165) is 27.7 Å². The number of aromatic amines is 1. The number of nitrogens with zero attached hydrogens (tertiary/aromatic N) is 2. The van der Waals surface area contributed by atoms with Crippen LogP contribution in [0.1, 0.15) is 5.56 Å². The number of benzene rings is 3. The average Bonchev–Trinajstić information content (AvgIpc) is 3.46. The van der Waals surface area contributed by atoms with E-state index >= 15 is 0 Å². The van der Waals surface area contributed by atoms with Crippen molar-refractivity contribution >= 4 is 20.9 Å². The molecule has 0 aliphatic carbocycles. The van der Waals surface area contributed by atoms with Gasteiger partial charge in [-0.25, -0.2) is 17.8 Å². The molecule has 6 nitrogen and oxygen atoms in total. The van der Waals surface area contributed by atoms with Crippen LogP contribution in [-0.4, -0.2) is 29.7 Å². The molecule has 0 radical (unpaired) electrons. The summed E-state index contributed by atoms with van der Waals surface area (Å²) in [5, 5.41) is 5.71. The van der Waals surface area contributed by atoms with Gasteiger partial charge >= 0.3 is 0 Å². The van der Waals surface area contributed by atoms with Crippen LogP contribution < -0.4 is 4.72 Å². The van der Waals surface area contributed by atoms with Crippen LogP contribution in [0.3, 0.4) is 0 Å². The summed E-state index contributed by atoms with van der Waals surface area (Å²) < 4.78 is 30.9. The van der Waals surface area contributed by atoms with Gasteiger partial charge in [0.05, 0.1) is 11.9 Å². The maximum atomic E-state index is 13.3. The van der Waals surface area contributed by atoms with Gasteiger partial charge in [-0.1, -0.05) is 66.7 Å². The van der Waals surface area contributed by atoms with E-state index in [1.807, 2.05) is 91.1 Å². The first kappa shape index (κ1) is 20.2. The molecule has 0 spiro atoms. The third kappa shape index (κ3) is 3.95. The Kier molecular flexibility index (Phi) is 5.34. The molecule has 0 fully saturated rings. The van der Waals surface area contributed by atoms with E-state index in [1.54, 1.807) is 10.9 Å². The minimum Gasteiger partial charge on any atom is -0.361 e. The fraction of sp³-hybridized carbons (Fsp3) is 0.0800. The maximum Gasteiger partial charge on any atom is 0.244 e. The highest BCUT2D eigenvalue weighted by atomic mass is 32.2. The fourth-order valence-corrected chi connectivity index (χ4v) is 4.98. The number of para-hydroxylation sites is 2. The molecule has 0 saturated heterocycles. The second-order valence-electron chi connectivity index (χ2n) is 7.50. The van der Waals surface area contributed by atoms with Crippen LogP contribution in [0, 0.1) is 0 Å². The average molecular weight is 443 g/mol. The first-order valence-electron chi connectivity index (χ1n) is 10.4. The number of aromatic nitrogens is 3. The molecule has 0 aliphatic heterocycles. The van der Waals surface area contributed by atoms with Gasteiger partial charge in [-0.15, -0.1) is 0 Å². The smallest absolute Gasteiger partial charge is 0.244 e. The third-order valence-corrected chi connectivity index (χ3v) is 6.86. The molecule has 0 aliphatic rings. The molecular formula is C25H22N4O2S. The number of H-pyrrole nitrogens is 1. The standard InChI is InChI=1S/C25H22N4O2S/c30-32(31,27-16-15-20-17-26-23-14-8-7-13-22(20)23)24-18-29(21-11-5-2-6-12-21)28-25(24)19-9-3-1-4-10-19/h1-14,17-18,26-27H,15-16H2. The van der Waals surface area contributed by atoms with Crippen molar-refractivity contribution in [2.45, 2.75) is 11.3 Å². The van der Waals surface area contributed by atoms with E-state index in [-0.39, 0.29) is 11.4 Å². The molecule has 32 heavy (non-hydrogen) atoms. The van der Waals surface area contributed by atoms with Crippen molar-refractivity contribution < 1.29 is 8.42 Å². The van der Waals surface area contributed by atoms with Crippen LogP contribution in [0.25, 0.3) is 27.8 Å². The van der Waals surface area contributed by atoms with Crippen LogP contribution in [-0.2, 0) is 16.4 Å². The molecule has 5 aromatic rings. The maximum absolute atomic E-state index is 13.3. The van der Waals surface area contributed by atoms with Crippen LogP contribution in [0.4, 0.5) is 0 Å². The summed E-state index contributed by atoms with van der Waals surface area (Å²) in [7, 11) is -3.78. The van der Waals surface area contributed by atoms with Crippen LogP contribution in [0.5, 0.6) is 0 Å². The van der Waals surface area contributed by atoms with Gasteiger partial charge in [0.1, 0.15) is 10.6 Å². The molecular weight excluding hydrogens is 420 g/mol. The number of hydrogen-bond acceptors (Lipinski definition) is 3. The predicted octanol–water partition coefficient (Wildman–Crippen LogP) is 4.54. The van der Waals surface area contributed by atoms with E-state index < -0.39 is 10.0 Å². The molecule has 2 aromatic heterocycles. The number of sulfonamides is 1. The summed E-state index contributed by atoms with van der Waals surface area (Å²) in [6.45, 7) is 0.287. The Hall–Kier alpha value is -3.68. The Morgan fingerprint density at radius 3 is 2.34 bits per heavy atom. The van der Waals surface area contributed by atoms with Crippen molar-refractivity contribution in [2.75, 3.05) is 6.54 Å². The zero-order valence-electron chi connectivity index (χ0n) is 17.3. The number of nitrogens with one attached hydrogen (secondary N) is 2. The number of hydrogen-bond donors (Lipinski definition) is 2. The lowest BCUT2D eigenvalue weighted by molar-refractivity contribution is 0.582. The van der Waals surface area contributed by atoms with Crippen molar-refractivity contribution in [1.29, 1.82) is 0 Å². The molecule has 0 bridgehead atoms. The monoisotopic (exact) mass is 442 g/mol. The third-order valence-electron chi connectivity index (χ3n) is 5.40. The molecule has 0 unspecified atom stereocenters. The Balaban J connectivity index is 1.44. The largest absolute Gasteiger partial charge is 0.361 e. The molecule has 160 valence electrons. The molecule has 0 saturated carbocycles. The zero-order valence-corrected chi connectivity index (χ0v) is 18.1. The zero-order chi connectivity index (χ0) is 22.0. The number of rotatable bonds is 7. The molecule has 2 N–H and O–H groups in total. The van der Waals surface area contributed by atoms with E-state index in [2.05, 4.69) is 14.8 Å². The Labute approximate surface area is 186 Å². The Morgan fingerprint density at radius 2 is 1.56 bits per heavy atom. The van der Waals surface area contributed by atoms with E-state index in [0.29, 0.717) is 12.1 Å². The molecule has 0 amide bonds. The van der Waals surface area contributed by atoms with Gasteiger partial charge in [0.2, 0.25) is 10.0 Å². The van der Waals surface area contributed by atoms with Gasteiger partial charge in [-0.05, 0) is 30.2 Å². The van der Waals surface area contributed by atoms with E-state index in [4.69, 9.17) is 0 Å². The minimum atomic E-state index is -3.78. The summed E-state index contributed by atoms with van der Waals surface area (Å²) in [6.07, 6.45) is 4.09. The van der Waals surface area contributed by atoms with Crippen molar-refractivity contribution in [1.82, 2.24) is 19.5 Å². The fourth-order valence-electron chi connectivity index (χ4n) is 3.80. The summed E-state index contributed by atoms with van der Waals surface area (Å²) in [6, 6.07) is 26.8. The second kappa shape index (κ2) is 8.45. The lowest BCUT2D eigenvalue weighted by Crippen LogP contribution is -2.26. The molecule has 3 aromatic carbocycles. The van der Waals surface area contributed by atoms with Gasteiger partial charge in [0.15, 0.2) is 0 Å². The van der Waals surface area contributed by atoms with Crippen molar-refractivity contribution in [3.63, 3.8) is 0 Å². The topological polar surface area (TPSA) is 79.8 Å². The highest BCUT2D eigenvalue weighted by Gasteiger charge is 2.24. The van der Waals surface area contributed by atoms with Gasteiger partial charge in [0.25, 0.3) is 0 Å². The quantitative estimate of drug-likeness (QED) is 0.388. The van der Waals surface area contributed by atoms with E-state index in [9.17, 15) is 8.42 Å². The van der Waals surface area contributed by atoms with Crippen molar-refractivity contribution in [3.05, 3.63) is 103 Å². The highest BCUT2D eigenvalue weighted by molar-refractivity contribution is 7.89. The molecule has 2 heterocycles. The molecule has 5 rings (SSSR count). The van der Waals surface area contributed by atoms with Gasteiger partial charge in [-0.2, -0.15) is 5.10 Å². The SMILES string of the molecule is O=S(=O)(NCCc1c[nH]c2ccccc12)c1cn(-c2ccccc2)nc1-c1ccccc1. The summed E-state index contributed by atoms with van der Waals surface area (Å²) in [5.41, 5.74) is 4.09. The predicted molar refractivity (Wildman–Crippen MR) is 126 cm³/mol. The Morgan fingerprint density at radius 1 is 0.875 bits per heavy atom. The van der Waals surface area contributed by atoms with Crippen LogP contribution >= 0.6 is 0 Å². The second-order valence-corrected chi connectivity index (χ2v) is 9.23. The van der Waals surface area contributed by atoms with Crippen molar-refractivity contribution in [3.8, 4) is 16.9 Å². The van der Waals surface area contributed by atoms with Crippen LogP contribution in [0.15, 0.2) is 102 Å². The molecule has 7 heteroatoms. The van der Waals surface area contributed by atoms with Gasteiger partial charge < -0.3 is 4.98 Å². The summed E-state index contributed by atoms with van der Waals surface area (Å²) >= 11 is 0. The van der Waals surface area contributed by atoms with Gasteiger partial charge in [-0.3, -0.25) is 0 Å². The summed E-state index contributed by atoms with van der Waals surface area (Å²) in [4.78, 5) is 3.39. The minimum absolute atomic E-state index is 0.159. The summed E-state index contributed by atoms with van der Waals surface area (Å²) in [5.74, 6) is 0. The first-order valence-corrected chi connectivity index (χ1v) is 11.9. The lowest BCUT2D eigenvalue weighted by atomic mass is 10.1. The molecule has 0 atom stereocenters. The first-order chi connectivity index (χ1) is 15.6. The normalized spacial score (nSPS) is 11.8. The van der Waals surface area contributed by atoms with Crippen LogP contribution in [0.2, 0.25) is 0 Å². The lowest BCUT2D eigenvalue weighted by Gasteiger charge is -2.07. The Bertz CT molecular complexity index is 1460. The van der Waals surface area contributed by atoms with Gasteiger partial charge in [0, 0.05) is 29.2 Å². The van der Waals surface area contributed by atoms with Crippen molar-refractivity contribution in [2.24, 2.45) is 0 Å².